The van der Waals surface area contributed by atoms with Crippen LogP contribution in [0, 0.1) is 5.82 Å². The van der Waals surface area contributed by atoms with Crippen molar-refractivity contribution in [2.75, 3.05) is 40.1 Å². The van der Waals surface area contributed by atoms with E-state index >= 15 is 0 Å². The van der Waals surface area contributed by atoms with Crippen molar-refractivity contribution in [2.45, 2.75) is 6.42 Å². The van der Waals surface area contributed by atoms with Crippen molar-refractivity contribution in [2.24, 2.45) is 5.73 Å². The summed E-state index contributed by atoms with van der Waals surface area (Å²) in [6, 6.07) is 4.62. The number of methoxy groups -OCH3 is 1. The van der Waals surface area contributed by atoms with Gasteiger partial charge < -0.3 is 19.9 Å². The second-order valence-electron chi connectivity index (χ2n) is 3.79. The summed E-state index contributed by atoms with van der Waals surface area (Å²) in [5.41, 5.74) is 6.27. The zero-order valence-corrected chi connectivity index (χ0v) is 10.7. The monoisotopic (exact) mass is 257 g/mol. The molecule has 0 aliphatic carbocycles. The Morgan fingerprint density at radius 1 is 1.11 bits per heavy atom. The van der Waals surface area contributed by atoms with Gasteiger partial charge >= 0.3 is 0 Å². The summed E-state index contributed by atoms with van der Waals surface area (Å²) in [4.78, 5) is 0. The molecule has 0 radical (unpaired) electrons. The van der Waals surface area contributed by atoms with Gasteiger partial charge in [0.05, 0.1) is 19.8 Å². The topological polar surface area (TPSA) is 53.7 Å². The lowest BCUT2D eigenvalue weighted by atomic mass is 10.1. The van der Waals surface area contributed by atoms with Gasteiger partial charge in [-0.3, -0.25) is 0 Å². The van der Waals surface area contributed by atoms with Gasteiger partial charge in [0.2, 0.25) is 0 Å². The number of hydrogen-bond donors (Lipinski definition) is 1. The standard InChI is InChI=1S/C13H20FNO3/c1-16-4-5-17-6-7-18-13-9-11(2-3-15)8-12(14)10-13/h8-10H,2-7,15H2,1H3. The van der Waals surface area contributed by atoms with Gasteiger partial charge in [0.25, 0.3) is 0 Å². The van der Waals surface area contributed by atoms with Gasteiger partial charge in [-0.15, -0.1) is 0 Å². The van der Waals surface area contributed by atoms with Gasteiger partial charge in [0.15, 0.2) is 0 Å². The van der Waals surface area contributed by atoms with Crippen LogP contribution in [0.5, 0.6) is 5.75 Å². The van der Waals surface area contributed by atoms with Crippen molar-refractivity contribution in [1.29, 1.82) is 0 Å². The minimum atomic E-state index is -0.309. The molecule has 0 spiro atoms. The molecule has 0 amide bonds. The summed E-state index contributed by atoms with van der Waals surface area (Å²) in [7, 11) is 1.62. The maximum Gasteiger partial charge on any atom is 0.127 e. The number of hydrogen-bond acceptors (Lipinski definition) is 4. The molecule has 0 heterocycles. The lowest BCUT2D eigenvalue weighted by Crippen LogP contribution is -2.10. The van der Waals surface area contributed by atoms with E-state index in [2.05, 4.69) is 0 Å². The first-order valence-corrected chi connectivity index (χ1v) is 5.95. The van der Waals surface area contributed by atoms with Crippen LogP contribution in [0.1, 0.15) is 5.56 Å². The molecular formula is C13H20FNO3. The summed E-state index contributed by atoms with van der Waals surface area (Å²) in [6.07, 6.45) is 0.637. The molecule has 18 heavy (non-hydrogen) atoms. The van der Waals surface area contributed by atoms with Crippen LogP contribution in [0.25, 0.3) is 0 Å². The molecule has 102 valence electrons. The fraction of sp³-hybridized carbons (Fsp3) is 0.538. The van der Waals surface area contributed by atoms with Crippen molar-refractivity contribution in [3.8, 4) is 5.75 Å². The van der Waals surface area contributed by atoms with Gasteiger partial charge in [0, 0.05) is 13.2 Å². The van der Waals surface area contributed by atoms with Crippen molar-refractivity contribution in [1.82, 2.24) is 0 Å². The molecule has 5 heteroatoms. The quantitative estimate of drug-likeness (QED) is 0.679. The second kappa shape index (κ2) is 8.85. The summed E-state index contributed by atoms with van der Waals surface area (Å²) in [5, 5.41) is 0. The first-order chi connectivity index (χ1) is 8.76. The summed E-state index contributed by atoms with van der Waals surface area (Å²) >= 11 is 0. The Morgan fingerprint density at radius 2 is 1.89 bits per heavy atom. The van der Waals surface area contributed by atoms with Gasteiger partial charge in [-0.25, -0.2) is 4.39 Å². The van der Waals surface area contributed by atoms with E-state index in [1.807, 2.05) is 0 Å². The first kappa shape index (κ1) is 14.9. The maximum atomic E-state index is 13.3. The molecule has 0 aliphatic heterocycles. The Morgan fingerprint density at radius 3 is 2.61 bits per heavy atom. The Hall–Kier alpha value is -1.17. The lowest BCUT2D eigenvalue weighted by Gasteiger charge is -2.09. The fourth-order valence-electron chi connectivity index (χ4n) is 1.48. The molecule has 0 saturated heterocycles. The minimum absolute atomic E-state index is 0.309. The summed E-state index contributed by atoms with van der Waals surface area (Å²) in [5.74, 6) is 0.199. The van der Waals surface area contributed by atoms with E-state index in [1.54, 1.807) is 13.2 Å². The Bertz CT molecular complexity index is 347. The van der Waals surface area contributed by atoms with E-state index in [9.17, 15) is 4.39 Å². The molecule has 0 atom stereocenters. The second-order valence-corrected chi connectivity index (χ2v) is 3.79. The van der Waals surface area contributed by atoms with Crippen LogP contribution in [0.4, 0.5) is 4.39 Å². The molecule has 4 nitrogen and oxygen atoms in total. The van der Waals surface area contributed by atoms with Gasteiger partial charge in [-0.2, -0.15) is 0 Å². The van der Waals surface area contributed by atoms with Crippen LogP contribution in [0.3, 0.4) is 0 Å². The predicted molar refractivity (Wildman–Crippen MR) is 67.3 cm³/mol. The zero-order chi connectivity index (χ0) is 13.2. The Balaban J connectivity index is 2.32. The molecule has 0 aliphatic rings. The third-order valence-corrected chi connectivity index (χ3v) is 2.29. The van der Waals surface area contributed by atoms with Crippen LogP contribution >= 0.6 is 0 Å². The van der Waals surface area contributed by atoms with E-state index < -0.39 is 0 Å². The maximum absolute atomic E-state index is 13.3. The van der Waals surface area contributed by atoms with Crippen LogP contribution in [-0.4, -0.2) is 40.1 Å². The van der Waals surface area contributed by atoms with E-state index in [0.717, 1.165) is 5.56 Å². The largest absolute Gasteiger partial charge is 0.491 e. The number of halogens is 1. The number of ether oxygens (including phenoxy) is 3. The van der Waals surface area contributed by atoms with Crippen LogP contribution in [0.2, 0.25) is 0 Å². The highest BCUT2D eigenvalue weighted by atomic mass is 19.1. The molecule has 0 fully saturated rings. The molecule has 1 aromatic rings. The molecule has 0 saturated carbocycles. The highest BCUT2D eigenvalue weighted by Crippen LogP contribution is 2.16. The first-order valence-electron chi connectivity index (χ1n) is 5.95. The van der Waals surface area contributed by atoms with E-state index in [-0.39, 0.29) is 5.82 Å². The molecule has 0 aromatic heterocycles. The third-order valence-electron chi connectivity index (χ3n) is 2.29. The SMILES string of the molecule is COCCOCCOc1cc(F)cc(CCN)c1. The summed E-state index contributed by atoms with van der Waals surface area (Å²) in [6.45, 7) is 2.41. The molecular weight excluding hydrogens is 237 g/mol. The molecule has 0 bridgehead atoms. The van der Waals surface area contributed by atoms with Crippen LogP contribution in [-0.2, 0) is 15.9 Å². The van der Waals surface area contributed by atoms with Crippen molar-refractivity contribution in [3.05, 3.63) is 29.6 Å². The molecule has 1 rings (SSSR count). The molecule has 0 unspecified atom stereocenters. The zero-order valence-electron chi connectivity index (χ0n) is 10.7. The minimum Gasteiger partial charge on any atom is -0.491 e. The smallest absolute Gasteiger partial charge is 0.127 e. The van der Waals surface area contributed by atoms with E-state index in [0.29, 0.717) is 45.1 Å². The highest BCUT2D eigenvalue weighted by molar-refractivity contribution is 5.29. The highest BCUT2D eigenvalue weighted by Gasteiger charge is 2.01. The van der Waals surface area contributed by atoms with Crippen LogP contribution < -0.4 is 10.5 Å². The lowest BCUT2D eigenvalue weighted by molar-refractivity contribution is 0.0543. The summed E-state index contributed by atoms with van der Waals surface area (Å²) < 4.78 is 28.7. The van der Waals surface area contributed by atoms with E-state index in [4.69, 9.17) is 19.9 Å². The number of rotatable bonds is 9. The molecule has 2 N–H and O–H groups in total. The Kier molecular flexibility index (Phi) is 7.32. The predicted octanol–water partition coefficient (Wildman–Crippen LogP) is 1.37. The normalized spacial score (nSPS) is 10.6. The third kappa shape index (κ3) is 5.95. The molecule has 1 aromatic carbocycles. The van der Waals surface area contributed by atoms with Crippen LogP contribution in [0.15, 0.2) is 18.2 Å². The average molecular weight is 257 g/mol. The van der Waals surface area contributed by atoms with Gasteiger partial charge in [0.1, 0.15) is 18.2 Å². The van der Waals surface area contributed by atoms with Gasteiger partial charge in [-0.1, -0.05) is 0 Å². The fourth-order valence-corrected chi connectivity index (χ4v) is 1.48. The van der Waals surface area contributed by atoms with Gasteiger partial charge in [-0.05, 0) is 30.7 Å². The Labute approximate surface area is 107 Å². The van der Waals surface area contributed by atoms with Crippen molar-refractivity contribution < 1.29 is 18.6 Å². The van der Waals surface area contributed by atoms with E-state index in [1.165, 1.54) is 12.1 Å². The number of benzene rings is 1. The van der Waals surface area contributed by atoms with Crippen molar-refractivity contribution >= 4 is 0 Å². The average Bonchev–Trinajstić information content (AvgIpc) is 2.33. The van der Waals surface area contributed by atoms with Crippen molar-refractivity contribution in [3.63, 3.8) is 0 Å². The number of nitrogens with two attached hydrogens (primary N) is 1.